The highest BCUT2D eigenvalue weighted by atomic mass is 16.1. The van der Waals surface area contributed by atoms with E-state index in [0.29, 0.717) is 12.1 Å². The lowest BCUT2D eigenvalue weighted by molar-refractivity contribution is 0.0953. The van der Waals surface area contributed by atoms with Crippen LogP contribution in [0.2, 0.25) is 0 Å². The Labute approximate surface area is 175 Å². The Morgan fingerprint density at radius 3 is 2.70 bits per heavy atom. The molecule has 6 heteroatoms. The van der Waals surface area contributed by atoms with Crippen LogP contribution in [-0.4, -0.2) is 32.2 Å². The number of aromatic nitrogens is 4. The van der Waals surface area contributed by atoms with E-state index in [1.54, 1.807) is 18.6 Å². The number of amides is 1. The van der Waals surface area contributed by atoms with Crippen molar-refractivity contribution in [3.05, 3.63) is 96.2 Å². The number of hydrogen-bond acceptors (Lipinski definition) is 4. The number of aryl methyl sites for hydroxylation is 2. The maximum absolute atomic E-state index is 12.4. The Kier molecular flexibility index (Phi) is 5.94. The summed E-state index contributed by atoms with van der Waals surface area (Å²) in [4.78, 5) is 21.2. The highest BCUT2D eigenvalue weighted by Crippen LogP contribution is 2.26. The predicted octanol–water partition coefficient (Wildman–Crippen LogP) is 4.00. The number of nitrogens with zero attached hydrogens (tertiary/aromatic N) is 4. The summed E-state index contributed by atoms with van der Waals surface area (Å²) >= 11 is 0. The highest BCUT2D eigenvalue weighted by molar-refractivity contribution is 5.94. The molecule has 0 saturated heterocycles. The van der Waals surface area contributed by atoms with Crippen molar-refractivity contribution in [2.75, 3.05) is 6.54 Å². The van der Waals surface area contributed by atoms with E-state index < -0.39 is 0 Å². The third kappa shape index (κ3) is 4.60. The second-order valence-corrected chi connectivity index (χ2v) is 7.08. The van der Waals surface area contributed by atoms with Gasteiger partial charge in [-0.1, -0.05) is 18.2 Å². The van der Waals surface area contributed by atoms with Crippen molar-refractivity contribution in [3.63, 3.8) is 0 Å². The van der Waals surface area contributed by atoms with E-state index in [-0.39, 0.29) is 5.91 Å². The van der Waals surface area contributed by atoms with E-state index in [2.05, 4.69) is 26.4 Å². The number of benzene rings is 1. The quantitative estimate of drug-likeness (QED) is 0.479. The van der Waals surface area contributed by atoms with Crippen molar-refractivity contribution in [3.8, 4) is 16.9 Å². The van der Waals surface area contributed by atoms with Gasteiger partial charge >= 0.3 is 0 Å². The molecule has 0 aliphatic heterocycles. The van der Waals surface area contributed by atoms with Gasteiger partial charge in [0.25, 0.3) is 5.91 Å². The Morgan fingerprint density at radius 1 is 1.03 bits per heavy atom. The first-order valence-corrected chi connectivity index (χ1v) is 9.96. The standard InChI is InChI=1S/C24H23N5O/c1-18-8-10-21(23(16-18)29-15-5-14-28-29)22-11-9-19(17-27-22)24(30)26-13-4-7-20-6-2-3-12-25-20/h2-3,5-6,8-12,14-17H,4,7,13H2,1H3,(H,26,30). The van der Waals surface area contributed by atoms with Crippen LogP contribution >= 0.6 is 0 Å². The van der Waals surface area contributed by atoms with Crippen molar-refractivity contribution >= 4 is 5.91 Å². The molecule has 1 amide bonds. The van der Waals surface area contributed by atoms with E-state index in [9.17, 15) is 4.79 Å². The molecule has 3 aromatic heterocycles. The van der Waals surface area contributed by atoms with E-state index in [0.717, 1.165) is 41.0 Å². The van der Waals surface area contributed by atoms with Crippen molar-refractivity contribution in [2.45, 2.75) is 19.8 Å². The molecule has 4 aromatic rings. The van der Waals surface area contributed by atoms with Crippen molar-refractivity contribution < 1.29 is 4.79 Å². The van der Waals surface area contributed by atoms with E-state index in [4.69, 9.17) is 0 Å². The molecule has 6 nitrogen and oxygen atoms in total. The minimum atomic E-state index is -0.119. The van der Waals surface area contributed by atoms with Crippen LogP contribution in [0.1, 0.15) is 28.0 Å². The molecule has 0 aliphatic rings. The maximum atomic E-state index is 12.4. The van der Waals surface area contributed by atoms with Crippen LogP contribution < -0.4 is 5.32 Å². The zero-order valence-electron chi connectivity index (χ0n) is 16.8. The normalized spacial score (nSPS) is 10.7. The van der Waals surface area contributed by atoms with Gasteiger partial charge in [-0.25, -0.2) is 4.68 Å². The summed E-state index contributed by atoms with van der Waals surface area (Å²) in [6.45, 7) is 2.64. The smallest absolute Gasteiger partial charge is 0.252 e. The molecule has 0 atom stereocenters. The van der Waals surface area contributed by atoms with Gasteiger partial charge < -0.3 is 5.32 Å². The molecule has 0 spiro atoms. The zero-order chi connectivity index (χ0) is 20.8. The molecule has 0 unspecified atom stereocenters. The summed E-state index contributed by atoms with van der Waals surface area (Å²) < 4.78 is 1.83. The lowest BCUT2D eigenvalue weighted by Gasteiger charge is -2.11. The van der Waals surface area contributed by atoms with Gasteiger partial charge in [0.05, 0.1) is 16.9 Å². The molecule has 30 heavy (non-hydrogen) atoms. The third-order valence-electron chi connectivity index (χ3n) is 4.83. The van der Waals surface area contributed by atoms with E-state index in [1.807, 2.05) is 66.3 Å². The van der Waals surface area contributed by atoms with Crippen LogP contribution in [0.25, 0.3) is 16.9 Å². The number of pyridine rings is 2. The Hall–Kier alpha value is -3.80. The van der Waals surface area contributed by atoms with Gasteiger partial charge in [0.2, 0.25) is 0 Å². The maximum Gasteiger partial charge on any atom is 0.252 e. The van der Waals surface area contributed by atoms with Gasteiger partial charge in [0.15, 0.2) is 0 Å². The summed E-state index contributed by atoms with van der Waals surface area (Å²) in [5.74, 6) is -0.119. The monoisotopic (exact) mass is 397 g/mol. The summed E-state index contributed by atoms with van der Waals surface area (Å²) in [6, 6.07) is 17.6. The molecule has 0 saturated carbocycles. The molecule has 0 aliphatic carbocycles. The average molecular weight is 397 g/mol. The fraction of sp³-hybridized carbons (Fsp3) is 0.167. The lowest BCUT2D eigenvalue weighted by atomic mass is 10.1. The molecule has 150 valence electrons. The van der Waals surface area contributed by atoms with E-state index in [1.165, 1.54) is 0 Å². The number of carbonyl (C=O) groups excluding carboxylic acids is 1. The van der Waals surface area contributed by atoms with Crippen LogP contribution in [0, 0.1) is 6.92 Å². The molecule has 1 N–H and O–H groups in total. The Bertz CT molecular complexity index is 1110. The predicted molar refractivity (Wildman–Crippen MR) is 116 cm³/mol. The molecular formula is C24H23N5O. The van der Waals surface area contributed by atoms with Crippen molar-refractivity contribution in [2.24, 2.45) is 0 Å². The largest absolute Gasteiger partial charge is 0.352 e. The molecule has 3 heterocycles. The van der Waals surface area contributed by atoms with Crippen LogP contribution in [0.4, 0.5) is 0 Å². The van der Waals surface area contributed by atoms with Crippen molar-refractivity contribution in [1.29, 1.82) is 0 Å². The van der Waals surface area contributed by atoms with E-state index >= 15 is 0 Å². The average Bonchev–Trinajstić information content (AvgIpc) is 3.32. The van der Waals surface area contributed by atoms with Crippen molar-refractivity contribution in [1.82, 2.24) is 25.1 Å². The molecule has 0 bridgehead atoms. The van der Waals surface area contributed by atoms with Crippen LogP contribution in [0.5, 0.6) is 0 Å². The van der Waals surface area contributed by atoms with Crippen LogP contribution in [0.3, 0.4) is 0 Å². The molecule has 0 radical (unpaired) electrons. The molecule has 1 aromatic carbocycles. The minimum absolute atomic E-state index is 0.119. The Balaban J connectivity index is 1.41. The molecular weight excluding hydrogens is 374 g/mol. The summed E-state index contributed by atoms with van der Waals surface area (Å²) in [5, 5.41) is 7.29. The first-order chi connectivity index (χ1) is 14.7. The SMILES string of the molecule is Cc1ccc(-c2ccc(C(=O)NCCCc3ccccn3)cn2)c(-n2cccn2)c1. The first-order valence-electron chi connectivity index (χ1n) is 9.96. The third-order valence-corrected chi connectivity index (χ3v) is 4.83. The van der Waals surface area contributed by atoms with Gasteiger partial charge in [-0.15, -0.1) is 0 Å². The number of hydrogen-bond donors (Lipinski definition) is 1. The molecule has 0 fully saturated rings. The summed E-state index contributed by atoms with van der Waals surface area (Å²) in [5.41, 5.74) is 5.44. The lowest BCUT2D eigenvalue weighted by Crippen LogP contribution is -2.25. The second-order valence-electron chi connectivity index (χ2n) is 7.08. The Morgan fingerprint density at radius 2 is 1.97 bits per heavy atom. The summed E-state index contributed by atoms with van der Waals surface area (Å²) in [6.07, 6.45) is 8.74. The van der Waals surface area contributed by atoms with Gasteiger partial charge in [0.1, 0.15) is 0 Å². The fourth-order valence-electron chi connectivity index (χ4n) is 3.27. The zero-order valence-corrected chi connectivity index (χ0v) is 16.8. The van der Waals surface area contributed by atoms with Crippen LogP contribution in [0.15, 0.2) is 79.4 Å². The number of nitrogens with one attached hydrogen (secondary N) is 1. The second kappa shape index (κ2) is 9.13. The fourth-order valence-corrected chi connectivity index (χ4v) is 3.27. The molecule has 4 rings (SSSR count). The van der Waals surface area contributed by atoms with Gasteiger partial charge in [-0.05, 0) is 61.7 Å². The highest BCUT2D eigenvalue weighted by Gasteiger charge is 2.11. The first kappa shape index (κ1) is 19.5. The number of carbonyl (C=O) groups is 1. The topological polar surface area (TPSA) is 72.7 Å². The van der Waals surface area contributed by atoms with Crippen LogP contribution in [-0.2, 0) is 6.42 Å². The number of rotatable bonds is 7. The minimum Gasteiger partial charge on any atom is -0.352 e. The van der Waals surface area contributed by atoms with Gasteiger partial charge in [-0.2, -0.15) is 5.10 Å². The van der Waals surface area contributed by atoms with Gasteiger partial charge in [-0.3, -0.25) is 14.8 Å². The van der Waals surface area contributed by atoms with Gasteiger partial charge in [0, 0.05) is 42.6 Å². The summed E-state index contributed by atoms with van der Waals surface area (Å²) in [7, 11) is 0.